The number of benzene rings is 2. The smallest absolute Gasteiger partial charge is 0.335 e. The summed E-state index contributed by atoms with van der Waals surface area (Å²) in [5.41, 5.74) is 3.22. The molecule has 118 valence electrons. The molecule has 0 amide bonds. The van der Waals surface area contributed by atoms with E-state index in [1.54, 1.807) is 12.1 Å². The molecule has 1 N–H and O–H groups in total. The first-order valence-corrected chi connectivity index (χ1v) is 7.44. The third-order valence-corrected chi connectivity index (χ3v) is 3.72. The van der Waals surface area contributed by atoms with E-state index in [2.05, 4.69) is 6.07 Å². The highest BCUT2D eigenvalue weighted by Gasteiger charge is 2.12. The number of carboxylic acids is 1. The Morgan fingerprint density at radius 3 is 2.52 bits per heavy atom. The molecule has 23 heavy (non-hydrogen) atoms. The van der Waals surface area contributed by atoms with Crippen LogP contribution in [0.1, 0.15) is 39.4 Å². The van der Waals surface area contributed by atoms with Gasteiger partial charge in [0.15, 0.2) is 0 Å². The molecule has 2 rings (SSSR count). The summed E-state index contributed by atoms with van der Waals surface area (Å²) in [4.78, 5) is 10.9. The van der Waals surface area contributed by atoms with Gasteiger partial charge < -0.3 is 9.84 Å². The normalized spacial score (nSPS) is 11.5. The fourth-order valence-electron chi connectivity index (χ4n) is 2.31. The fraction of sp³-hybridized carbons (Fsp3) is 0.263. The van der Waals surface area contributed by atoms with E-state index < -0.39 is 5.97 Å². The van der Waals surface area contributed by atoms with Crippen molar-refractivity contribution in [1.82, 2.24) is 0 Å². The third-order valence-electron chi connectivity index (χ3n) is 3.72. The van der Waals surface area contributed by atoms with E-state index in [0.717, 1.165) is 22.4 Å². The predicted molar refractivity (Wildman–Crippen MR) is 87.8 cm³/mol. The molecule has 2 aromatic rings. The SMILES string of the molecule is Cc1ccc(C)c(OCCC(C#N)c2ccc(C(=O)O)cc2)c1. The summed E-state index contributed by atoms with van der Waals surface area (Å²) in [7, 11) is 0. The highest BCUT2D eigenvalue weighted by molar-refractivity contribution is 5.87. The Bertz CT molecular complexity index is 729. The Hall–Kier alpha value is -2.80. The molecular formula is C19H19NO3. The molecular weight excluding hydrogens is 290 g/mol. The minimum absolute atomic E-state index is 0.220. The van der Waals surface area contributed by atoms with Crippen LogP contribution in [0.15, 0.2) is 42.5 Å². The van der Waals surface area contributed by atoms with Crippen LogP contribution >= 0.6 is 0 Å². The molecule has 0 aromatic heterocycles. The number of hydrogen-bond donors (Lipinski definition) is 1. The summed E-state index contributed by atoms with van der Waals surface area (Å²) in [5, 5.41) is 18.2. The van der Waals surface area contributed by atoms with Crippen molar-refractivity contribution in [2.24, 2.45) is 0 Å². The largest absolute Gasteiger partial charge is 0.493 e. The van der Waals surface area contributed by atoms with Gasteiger partial charge in [0.05, 0.1) is 24.2 Å². The molecule has 0 aliphatic rings. The Balaban J connectivity index is 1.99. The Morgan fingerprint density at radius 1 is 1.22 bits per heavy atom. The molecule has 0 saturated carbocycles. The zero-order valence-electron chi connectivity index (χ0n) is 13.2. The van der Waals surface area contributed by atoms with Crippen molar-refractivity contribution in [2.45, 2.75) is 26.2 Å². The van der Waals surface area contributed by atoms with Gasteiger partial charge in [0, 0.05) is 6.42 Å². The maximum Gasteiger partial charge on any atom is 0.335 e. The second-order valence-electron chi connectivity index (χ2n) is 5.51. The first-order chi connectivity index (χ1) is 11.0. The number of carbonyl (C=O) groups is 1. The second-order valence-corrected chi connectivity index (χ2v) is 5.51. The van der Waals surface area contributed by atoms with E-state index in [1.807, 2.05) is 32.0 Å². The minimum Gasteiger partial charge on any atom is -0.493 e. The number of nitrogens with zero attached hydrogens (tertiary/aromatic N) is 1. The Morgan fingerprint density at radius 2 is 1.91 bits per heavy atom. The molecule has 0 fully saturated rings. The first kappa shape index (κ1) is 16.6. The maximum atomic E-state index is 10.9. The van der Waals surface area contributed by atoms with Gasteiger partial charge in [0.25, 0.3) is 0 Å². The van der Waals surface area contributed by atoms with Crippen molar-refractivity contribution in [3.8, 4) is 11.8 Å². The summed E-state index contributed by atoms with van der Waals surface area (Å²) < 4.78 is 5.79. The lowest BCUT2D eigenvalue weighted by Gasteiger charge is -2.13. The van der Waals surface area contributed by atoms with Crippen molar-refractivity contribution in [2.75, 3.05) is 6.61 Å². The zero-order chi connectivity index (χ0) is 16.8. The summed E-state index contributed by atoms with van der Waals surface area (Å²) in [5.74, 6) is -0.450. The number of aromatic carboxylic acids is 1. The van der Waals surface area contributed by atoms with Crippen LogP contribution in [-0.4, -0.2) is 17.7 Å². The number of rotatable bonds is 6. The molecule has 0 saturated heterocycles. The van der Waals surface area contributed by atoms with E-state index in [9.17, 15) is 10.1 Å². The number of aryl methyl sites for hydroxylation is 2. The van der Waals surface area contributed by atoms with E-state index in [0.29, 0.717) is 13.0 Å². The van der Waals surface area contributed by atoms with Gasteiger partial charge in [-0.25, -0.2) is 4.79 Å². The van der Waals surface area contributed by atoms with Crippen LogP contribution in [0.3, 0.4) is 0 Å². The molecule has 0 aliphatic carbocycles. The van der Waals surface area contributed by atoms with Crippen molar-refractivity contribution in [3.63, 3.8) is 0 Å². The lowest BCUT2D eigenvalue weighted by Crippen LogP contribution is -2.06. The molecule has 4 nitrogen and oxygen atoms in total. The van der Waals surface area contributed by atoms with Crippen LogP contribution in [0.4, 0.5) is 0 Å². The topological polar surface area (TPSA) is 70.3 Å². The van der Waals surface area contributed by atoms with Gasteiger partial charge in [-0.1, -0.05) is 24.3 Å². The van der Waals surface area contributed by atoms with E-state index >= 15 is 0 Å². The highest BCUT2D eigenvalue weighted by Crippen LogP contribution is 2.23. The van der Waals surface area contributed by atoms with Gasteiger partial charge in [-0.15, -0.1) is 0 Å². The van der Waals surface area contributed by atoms with Gasteiger partial charge >= 0.3 is 5.97 Å². The minimum atomic E-state index is -0.969. The molecule has 0 bridgehead atoms. The summed E-state index contributed by atoms with van der Waals surface area (Å²) in [6.45, 7) is 4.43. The lowest BCUT2D eigenvalue weighted by atomic mass is 9.96. The Kier molecular flexibility index (Phi) is 5.37. The van der Waals surface area contributed by atoms with Gasteiger partial charge in [-0.3, -0.25) is 0 Å². The van der Waals surface area contributed by atoms with Gasteiger partial charge in [0.2, 0.25) is 0 Å². The van der Waals surface area contributed by atoms with Gasteiger partial charge in [-0.2, -0.15) is 5.26 Å². The molecule has 0 aliphatic heterocycles. The molecule has 0 spiro atoms. The molecule has 4 heteroatoms. The monoisotopic (exact) mass is 309 g/mol. The number of hydrogen-bond acceptors (Lipinski definition) is 3. The number of carboxylic acid groups (broad SMARTS) is 1. The summed E-state index contributed by atoms with van der Waals surface area (Å²) >= 11 is 0. The highest BCUT2D eigenvalue weighted by atomic mass is 16.5. The van der Waals surface area contributed by atoms with Crippen molar-refractivity contribution >= 4 is 5.97 Å². The van der Waals surface area contributed by atoms with Crippen LogP contribution < -0.4 is 4.74 Å². The quantitative estimate of drug-likeness (QED) is 0.873. The van der Waals surface area contributed by atoms with Gasteiger partial charge in [0.1, 0.15) is 5.75 Å². The fourth-order valence-corrected chi connectivity index (χ4v) is 2.31. The van der Waals surface area contributed by atoms with Crippen molar-refractivity contribution in [3.05, 3.63) is 64.7 Å². The predicted octanol–water partition coefficient (Wildman–Crippen LogP) is 4.08. The molecule has 0 radical (unpaired) electrons. The van der Waals surface area contributed by atoms with Crippen LogP contribution in [-0.2, 0) is 0 Å². The van der Waals surface area contributed by atoms with E-state index in [1.165, 1.54) is 12.1 Å². The number of nitriles is 1. The zero-order valence-corrected chi connectivity index (χ0v) is 13.2. The second kappa shape index (κ2) is 7.46. The summed E-state index contributed by atoms with van der Waals surface area (Å²) in [6.07, 6.45) is 0.552. The standard InChI is InChI=1S/C19H19NO3/c1-13-3-4-14(2)18(11-13)23-10-9-17(12-20)15-5-7-16(8-6-15)19(21)22/h3-8,11,17H,9-10H2,1-2H3,(H,21,22). The first-order valence-electron chi connectivity index (χ1n) is 7.44. The average Bonchev–Trinajstić information content (AvgIpc) is 2.55. The van der Waals surface area contributed by atoms with E-state index in [4.69, 9.17) is 9.84 Å². The van der Waals surface area contributed by atoms with Crippen LogP contribution in [0, 0.1) is 25.2 Å². The average molecular weight is 309 g/mol. The van der Waals surface area contributed by atoms with Crippen LogP contribution in [0.5, 0.6) is 5.75 Å². The lowest BCUT2D eigenvalue weighted by molar-refractivity contribution is 0.0697. The van der Waals surface area contributed by atoms with Gasteiger partial charge in [-0.05, 0) is 48.7 Å². The molecule has 1 atom stereocenters. The Labute approximate surface area is 136 Å². The maximum absolute atomic E-state index is 10.9. The molecule has 2 aromatic carbocycles. The van der Waals surface area contributed by atoms with E-state index in [-0.39, 0.29) is 11.5 Å². The van der Waals surface area contributed by atoms with Crippen molar-refractivity contribution in [1.29, 1.82) is 5.26 Å². The van der Waals surface area contributed by atoms with Crippen LogP contribution in [0.25, 0.3) is 0 Å². The van der Waals surface area contributed by atoms with Crippen LogP contribution in [0.2, 0.25) is 0 Å². The number of ether oxygens (including phenoxy) is 1. The van der Waals surface area contributed by atoms with Crippen molar-refractivity contribution < 1.29 is 14.6 Å². The molecule has 1 unspecified atom stereocenters. The third kappa shape index (κ3) is 4.33. The molecule has 0 heterocycles. The summed E-state index contributed by atoms with van der Waals surface area (Å²) in [6, 6.07) is 14.7.